The minimum absolute atomic E-state index is 0.219. The van der Waals surface area contributed by atoms with Crippen molar-refractivity contribution in [2.24, 2.45) is 0 Å². The van der Waals surface area contributed by atoms with Gasteiger partial charge in [0.2, 0.25) is 6.79 Å². The van der Waals surface area contributed by atoms with E-state index in [1.807, 2.05) is 13.0 Å². The van der Waals surface area contributed by atoms with Gasteiger partial charge in [-0.3, -0.25) is 0 Å². The van der Waals surface area contributed by atoms with Crippen LogP contribution in [0.2, 0.25) is 5.02 Å². The molecule has 1 N–H and O–H groups in total. The molecule has 1 heterocycles. The number of hydrogen-bond donors (Lipinski definition) is 1. The lowest BCUT2D eigenvalue weighted by molar-refractivity contribution is 0.174. The number of aliphatic hydroxyl groups excluding tert-OH is 1. The first kappa shape index (κ1) is 11.6. The van der Waals surface area contributed by atoms with Gasteiger partial charge in [-0.15, -0.1) is 0 Å². The number of fused-ring (bicyclic) bond motifs is 1. The van der Waals surface area contributed by atoms with Gasteiger partial charge in [0, 0.05) is 0 Å². The summed E-state index contributed by atoms with van der Waals surface area (Å²) >= 11 is 6.26. The summed E-state index contributed by atoms with van der Waals surface area (Å²) in [6.45, 7) is 4.02. The largest absolute Gasteiger partial charge is 0.454 e. The second-order valence-corrected chi connectivity index (χ2v) is 4.35. The van der Waals surface area contributed by atoms with E-state index in [0.29, 0.717) is 22.9 Å². The number of aliphatic hydroxyl groups is 1. The molecule has 16 heavy (non-hydrogen) atoms. The average Bonchev–Trinajstić information content (AvgIpc) is 2.65. The summed E-state index contributed by atoms with van der Waals surface area (Å²) in [6.07, 6.45) is 1.01. The maximum Gasteiger partial charge on any atom is 0.231 e. The lowest BCUT2D eigenvalue weighted by atomic mass is 9.99. The Hall–Kier alpha value is -0.930. The van der Waals surface area contributed by atoms with Gasteiger partial charge < -0.3 is 14.6 Å². The fourth-order valence-electron chi connectivity index (χ4n) is 1.97. The fourth-order valence-corrected chi connectivity index (χ4v) is 2.38. The van der Waals surface area contributed by atoms with E-state index in [-0.39, 0.29) is 12.9 Å². The van der Waals surface area contributed by atoms with Crippen molar-refractivity contribution < 1.29 is 14.6 Å². The van der Waals surface area contributed by atoms with Crippen LogP contribution in [0.4, 0.5) is 0 Å². The molecule has 0 saturated heterocycles. The predicted octanol–water partition coefficient (Wildman–Crippen LogP) is 2.55. The number of ether oxygens (including phenoxy) is 2. The van der Waals surface area contributed by atoms with Crippen LogP contribution in [0.3, 0.4) is 0 Å². The van der Waals surface area contributed by atoms with Gasteiger partial charge in [0.05, 0.1) is 11.1 Å². The minimum Gasteiger partial charge on any atom is -0.454 e. The van der Waals surface area contributed by atoms with Crippen molar-refractivity contribution >= 4 is 11.6 Å². The van der Waals surface area contributed by atoms with Crippen LogP contribution >= 0.6 is 11.6 Å². The maximum atomic E-state index is 9.45. The van der Waals surface area contributed by atoms with Crippen LogP contribution in [-0.4, -0.2) is 18.0 Å². The third-order valence-electron chi connectivity index (χ3n) is 2.67. The molecule has 0 saturated carbocycles. The zero-order valence-electron chi connectivity index (χ0n) is 9.42. The number of halogens is 1. The molecule has 1 aromatic rings. The van der Waals surface area contributed by atoms with Crippen molar-refractivity contribution in [1.29, 1.82) is 0 Å². The molecule has 1 atom stereocenters. The van der Waals surface area contributed by atoms with Crippen LogP contribution in [0.15, 0.2) is 6.07 Å². The highest BCUT2D eigenvalue weighted by atomic mass is 35.5. The molecule has 1 aromatic carbocycles. The Morgan fingerprint density at radius 3 is 2.88 bits per heavy atom. The zero-order chi connectivity index (χ0) is 11.7. The van der Waals surface area contributed by atoms with Crippen molar-refractivity contribution in [2.75, 3.05) is 6.79 Å². The molecule has 0 bridgehead atoms. The molecular weight excluding hydrogens is 228 g/mol. The summed E-state index contributed by atoms with van der Waals surface area (Å²) in [4.78, 5) is 0. The van der Waals surface area contributed by atoms with E-state index in [2.05, 4.69) is 0 Å². The Kier molecular flexibility index (Phi) is 3.26. The number of benzene rings is 1. The minimum atomic E-state index is -0.387. The lowest BCUT2D eigenvalue weighted by Gasteiger charge is -2.13. The highest BCUT2D eigenvalue weighted by molar-refractivity contribution is 6.33. The van der Waals surface area contributed by atoms with Crippen molar-refractivity contribution in [1.82, 2.24) is 0 Å². The van der Waals surface area contributed by atoms with Crippen molar-refractivity contribution in [3.8, 4) is 11.5 Å². The van der Waals surface area contributed by atoms with Gasteiger partial charge in [0.15, 0.2) is 11.5 Å². The Morgan fingerprint density at radius 1 is 1.50 bits per heavy atom. The quantitative estimate of drug-likeness (QED) is 0.885. The van der Waals surface area contributed by atoms with Crippen molar-refractivity contribution in [3.05, 3.63) is 22.2 Å². The van der Waals surface area contributed by atoms with Crippen LogP contribution in [0.1, 0.15) is 25.0 Å². The van der Waals surface area contributed by atoms with Gasteiger partial charge in [-0.1, -0.05) is 18.5 Å². The maximum absolute atomic E-state index is 9.45. The smallest absolute Gasteiger partial charge is 0.231 e. The molecule has 0 aliphatic carbocycles. The van der Waals surface area contributed by atoms with Gasteiger partial charge in [-0.05, 0) is 37.0 Å². The van der Waals surface area contributed by atoms with E-state index in [0.717, 1.165) is 17.5 Å². The predicted molar refractivity (Wildman–Crippen MR) is 62.3 cm³/mol. The monoisotopic (exact) mass is 242 g/mol. The van der Waals surface area contributed by atoms with Gasteiger partial charge in [0.25, 0.3) is 0 Å². The van der Waals surface area contributed by atoms with Gasteiger partial charge in [0.1, 0.15) is 0 Å². The Bertz CT molecular complexity index is 402. The van der Waals surface area contributed by atoms with Crippen LogP contribution in [0.25, 0.3) is 0 Å². The summed E-state index contributed by atoms with van der Waals surface area (Å²) in [5.41, 5.74) is 2.07. The summed E-state index contributed by atoms with van der Waals surface area (Å²) in [7, 11) is 0. The Morgan fingerprint density at radius 2 is 2.25 bits per heavy atom. The molecule has 3 nitrogen and oxygen atoms in total. The van der Waals surface area contributed by atoms with E-state index in [1.165, 1.54) is 0 Å². The normalized spacial score (nSPS) is 15.2. The van der Waals surface area contributed by atoms with Gasteiger partial charge in [-0.2, -0.15) is 0 Å². The molecule has 1 unspecified atom stereocenters. The molecule has 1 aliphatic rings. The second-order valence-electron chi connectivity index (χ2n) is 3.97. The highest BCUT2D eigenvalue weighted by Crippen LogP contribution is 2.43. The highest BCUT2D eigenvalue weighted by Gasteiger charge is 2.22. The average molecular weight is 243 g/mol. The van der Waals surface area contributed by atoms with E-state index < -0.39 is 0 Å². The summed E-state index contributed by atoms with van der Waals surface area (Å²) in [6, 6.07) is 1.92. The first-order valence-corrected chi connectivity index (χ1v) is 5.79. The summed E-state index contributed by atoms with van der Waals surface area (Å²) in [5, 5.41) is 10.1. The van der Waals surface area contributed by atoms with Crippen LogP contribution in [-0.2, 0) is 12.8 Å². The fraction of sp³-hybridized carbons (Fsp3) is 0.500. The first-order chi connectivity index (χ1) is 7.63. The van der Waals surface area contributed by atoms with Crippen molar-refractivity contribution in [2.45, 2.75) is 32.8 Å². The molecule has 1 aliphatic heterocycles. The molecular formula is C12H15ClO3. The second kappa shape index (κ2) is 4.52. The zero-order valence-corrected chi connectivity index (χ0v) is 10.2. The summed E-state index contributed by atoms with van der Waals surface area (Å²) < 4.78 is 10.6. The van der Waals surface area contributed by atoms with Gasteiger partial charge in [-0.25, -0.2) is 0 Å². The molecule has 2 rings (SSSR count). The van der Waals surface area contributed by atoms with Crippen LogP contribution in [0.5, 0.6) is 11.5 Å². The Balaban J connectivity index is 2.48. The summed E-state index contributed by atoms with van der Waals surface area (Å²) in [5.74, 6) is 1.31. The van der Waals surface area contributed by atoms with Crippen LogP contribution < -0.4 is 9.47 Å². The molecule has 0 aromatic heterocycles. The molecule has 0 radical (unpaired) electrons. The van der Waals surface area contributed by atoms with E-state index in [9.17, 15) is 5.11 Å². The molecule has 0 spiro atoms. The standard InChI is InChI=1S/C12H15ClO3/c1-3-9-8(4-7(2)14)5-10-12(11(9)13)16-6-15-10/h5,7,14H,3-4,6H2,1-2H3. The van der Waals surface area contributed by atoms with Crippen molar-refractivity contribution in [3.63, 3.8) is 0 Å². The molecule has 4 heteroatoms. The van der Waals surface area contributed by atoms with E-state index >= 15 is 0 Å². The SMILES string of the molecule is CCc1c(CC(C)O)cc2c(c1Cl)OCO2. The van der Waals surface area contributed by atoms with Gasteiger partial charge >= 0.3 is 0 Å². The third-order valence-corrected chi connectivity index (χ3v) is 3.07. The molecule has 88 valence electrons. The molecule has 0 fully saturated rings. The Labute approximate surface area is 99.9 Å². The number of rotatable bonds is 3. The van der Waals surface area contributed by atoms with E-state index in [4.69, 9.17) is 21.1 Å². The van der Waals surface area contributed by atoms with E-state index in [1.54, 1.807) is 6.92 Å². The first-order valence-electron chi connectivity index (χ1n) is 5.41. The topological polar surface area (TPSA) is 38.7 Å². The lowest BCUT2D eigenvalue weighted by Crippen LogP contribution is -2.07. The third kappa shape index (κ3) is 1.97. The number of hydrogen-bond acceptors (Lipinski definition) is 3. The molecule has 0 amide bonds. The van der Waals surface area contributed by atoms with Crippen LogP contribution in [0, 0.1) is 0 Å².